The summed E-state index contributed by atoms with van der Waals surface area (Å²) < 4.78 is 26.0. The molecule has 0 spiro atoms. The Bertz CT molecular complexity index is 1050. The van der Waals surface area contributed by atoms with Crippen LogP contribution in [0, 0.1) is 0 Å². The Labute approximate surface area is 163 Å². The number of fused-ring (bicyclic) bond motifs is 1. The summed E-state index contributed by atoms with van der Waals surface area (Å²) in [5.41, 5.74) is 2.15. The molecule has 0 aliphatic rings. The standard InChI is InChI=1S/C19H20ClN3O3S/c1-23(27(25,26)16-8-6-15(20)7-9-16)13-19(24)21-11-10-14-12-22-18-5-3-2-4-17(14)18/h2-9,12,22H,10-11,13H2,1H3,(H,21,24). The number of nitrogens with zero attached hydrogens (tertiary/aromatic N) is 1. The number of rotatable bonds is 7. The summed E-state index contributed by atoms with van der Waals surface area (Å²) in [7, 11) is -2.36. The highest BCUT2D eigenvalue weighted by molar-refractivity contribution is 7.89. The molecular weight excluding hydrogens is 386 g/mol. The second-order valence-corrected chi connectivity index (χ2v) is 8.66. The first-order chi connectivity index (χ1) is 12.9. The van der Waals surface area contributed by atoms with Gasteiger partial charge in [-0.25, -0.2) is 8.42 Å². The van der Waals surface area contributed by atoms with Gasteiger partial charge in [0.2, 0.25) is 15.9 Å². The van der Waals surface area contributed by atoms with Crippen LogP contribution in [0.25, 0.3) is 10.9 Å². The zero-order chi connectivity index (χ0) is 19.4. The van der Waals surface area contributed by atoms with Crippen LogP contribution in [0.1, 0.15) is 5.56 Å². The van der Waals surface area contributed by atoms with Gasteiger partial charge in [0, 0.05) is 35.7 Å². The summed E-state index contributed by atoms with van der Waals surface area (Å²) in [6.07, 6.45) is 2.58. The number of likely N-dealkylation sites (N-methyl/N-ethyl adjacent to an activating group) is 1. The molecule has 142 valence electrons. The molecule has 0 unspecified atom stereocenters. The number of aromatic nitrogens is 1. The third-order valence-corrected chi connectivity index (χ3v) is 6.35. The quantitative estimate of drug-likeness (QED) is 0.634. The van der Waals surface area contributed by atoms with E-state index in [-0.39, 0.29) is 17.3 Å². The van der Waals surface area contributed by atoms with Crippen molar-refractivity contribution in [2.45, 2.75) is 11.3 Å². The van der Waals surface area contributed by atoms with Gasteiger partial charge in [-0.2, -0.15) is 4.31 Å². The van der Waals surface area contributed by atoms with Crippen LogP contribution in [0.3, 0.4) is 0 Å². The summed E-state index contributed by atoms with van der Waals surface area (Å²) in [4.78, 5) is 15.4. The number of hydrogen-bond donors (Lipinski definition) is 2. The maximum Gasteiger partial charge on any atom is 0.243 e. The molecule has 2 aromatic carbocycles. The van der Waals surface area contributed by atoms with E-state index < -0.39 is 10.0 Å². The number of carbonyl (C=O) groups is 1. The lowest BCUT2D eigenvalue weighted by Crippen LogP contribution is -2.39. The average Bonchev–Trinajstić information content (AvgIpc) is 3.05. The van der Waals surface area contributed by atoms with Gasteiger partial charge in [0.25, 0.3) is 0 Å². The van der Waals surface area contributed by atoms with Crippen LogP contribution in [-0.2, 0) is 21.2 Å². The molecule has 6 nitrogen and oxygen atoms in total. The minimum atomic E-state index is -3.74. The average molecular weight is 406 g/mol. The number of H-pyrrole nitrogens is 1. The third-order valence-electron chi connectivity index (χ3n) is 4.28. The second kappa shape index (κ2) is 8.12. The van der Waals surface area contributed by atoms with Gasteiger partial charge in [-0.3, -0.25) is 4.79 Å². The van der Waals surface area contributed by atoms with E-state index in [4.69, 9.17) is 11.6 Å². The second-order valence-electron chi connectivity index (χ2n) is 6.17. The number of hydrogen-bond acceptors (Lipinski definition) is 3. The van der Waals surface area contributed by atoms with Crippen molar-refractivity contribution in [3.8, 4) is 0 Å². The zero-order valence-corrected chi connectivity index (χ0v) is 16.3. The highest BCUT2D eigenvalue weighted by atomic mass is 35.5. The van der Waals surface area contributed by atoms with E-state index in [2.05, 4.69) is 10.3 Å². The van der Waals surface area contributed by atoms with Crippen molar-refractivity contribution < 1.29 is 13.2 Å². The molecule has 0 bridgehead atoms. The summed E-state index contributed by atoms with van der Waals surface area (Å²) in [5, 5.41) is 4.34. The number of halogens is 1. The molecule has 1 heterocycles. The van der Waals surface area contributed by atoms with Crippen molar-refractivity contribution in [3.63, 3.8) is 0 Å². The van der Waals surface area contributed by atoms with Gasteiger partial charge in [-0.05, 0) is 42.3 Å². The molecule has 8 heteroatoms. The SMILES string of the molecule is CN(CC(=O)NCCc1c[nH]c2ccccc12)S(=O)(=O)c1ccc(Cl)cc1. The molecule has 1 aromatic heterocycles. The normalized spacial score (nSPS) is 11.8. The Morgan fingerprint density at radius 2 is 1.85 bits per heavy atom. The predicted octanol–water partition coefficient (Wildman–Crippen LogP) is 2.80. The number of para-hydroxylation sites is 1. The molecule has 0 atom stereocenters. The third kappa shape index (κ3) is 4.50. The van der Waals surface area contributed by atoms with Gasteiger partial charge in [-0.15, -0.1) is 0 Å². The van der Waals surface area contributed by atoms with E-state index in [9.17, 15) is 13.2 Å². The highest BCUT2D eigenvalue weighted by Crippen LogP contribution is 2.18. The number of nitrogens with one attached hydrogen (secondary N) is 2. The van der Waals surface area contributed by atoms with E-state index in [1.54, 1.807) is 0 Å². The first-order valence-corrected chi connectivity index (χ1v) is 10.2. The fourth-order valence-electron chi connectivity index (χ4n) is 2.80. The Morgan fingerprint density at radius 3 is 2.59 bits per heavy atom. The van der Waals surface area contributed by atoms with Crippen LogP contribution in [0.5, 0.6) is 0 Å². The Kier molecular flexibility index (Phi) is 5.84. The maximum atomic E-state index is 12.5. The van der Waals surface area contributed by atoms with Crippen LogP contribution < -0.4 is 5.32 Å². The van der Waals surface area contributed by atoms with Crippen molar-refractivity contribution in [2.75, 3.05) is 20.1 Å². The van der Waals surface area contributed by atoms with E-state index in [0.717, 1.165) is 20.8 Å². The molecule has 0 aliphatic carbocycles. The van der Waals surface area contributed by atoms with E-state index >= 15 is 0 Å². The van der Waals surface area contributed by atoms with Crippen LogP contribution in [0.4, 0.5) is 0 Å². The minimum absolute atomic E-state index is 0.0981. The van der Waals surface area contributed by atoms with E-state index in [0.29, 0.717) is 18.0 Å². The lowest BCUT2D eigenvalue weighted by Gasteiger charge is -2.17. The van der Waals surface area contributed by atoms with Crippen LogP contribution in [0.2, 0.25) is 5.02 Å². The summed E-state index contributed by atoms with van der Waals surface area (Å²) in [5.74, 6) is -0.352. The lowest BCUT2D eigenvalue weighted by molar-refractivity contribution is -0.121. The van der Waals surface area contributed by atoms with Crippen molar-refractivity contribution in [1.29, 1.82) is 0 Å². The highest BCUT2D eigenvalue weighted by Gasteiger charge is 2.22. The Hall–Kier alpha value is -2.35. The molecule has 2 N–H and O–H groups in total. The van der Waals surface area contributed by atoms with Gasteiger partial charge in [0.1, 0.15) is 0 Å². The largest absolute Gasteiger partial charge is 0.361 e. The molecule has 3 rings (SSSR count). The summed E-state index contributed by atoms with van der Waals surface area (Å²) in [6, 6.07) is 13.8. The van der Waals surface area contributed by atoms with Gasteiger partial charge in [-0.1, -0.05) is 29.8 Å². The molecule has 0 aliphatic heterocycles. The van der Waals surface area contributed by atoms with Crippen molar-refractivity contribution >= 4 is 38.4 Å². The molecule has 0 saturated heterocycles. The predicted molar refractivity (Wildman–Crippen MR) is 106 cm³/mol. The first-order valence-electron chi connectivity index (χ1n) is 8.41. The van der Waals surface area contributed by atoms with Gasteiger partial charge in [0.15, 0.2) is 0 Å². The Balaban J connectivity index is 1.55. The topological polar surface area (TPSA) is 82.3 Å². The van der Waals surface area contributed by atoms with Gasteiger partial charge < -0.3 is 10.3 Å². The van der Waals surface area contributed by atoms with E-state index in [1.165, 1.54) is 31.3 Å². The Morgan fingerprint density at radius 1 is 1.15 bits per heavy atom. The van der Waals surface area contributed by atoms with Gasteiger partial charge >= 0.3 is 0 Å². The molecule has 1 amide bonds. The van der Waals surface area contributed by atoms with Crippen LogP contribution in [-0.4, -0.2) is 43.8 Å². The fraction of sp³-hybridized carbons (Fsp3) is 0.211. The van der Waals surface area contributed by atoms with Crippen LogP contribution >= 0.6 is 11.6 Å². The summed E-state index contributed by atoms with van der Waals surface area (Å²) >= 11 is 5.79. The number of sulfonamides is 1. The molecular formula is C19H20ClN3O3S. The first kappa shape index (κ1) is 19.4. The fourth-order valence-corrected chi connectivity index (χ4v) is 4.06. The van der Waals surface area contributed by atoms with Crippen molar-refractivity contribution in [2.24, 2.45) is 0 Å². The van der Waals surface area contributed by atoms with Gasteiger partial charge in [0.05, 0.1) is 11.4 Å². The maximum absolute atomic E-state index is 12.5. The van der Waals surface area contributed by atoms with Crippen LogP contribution in [0.15, 0.2) is 59.6 Å². The zero-order valence-electron chi connectivity index (χ0n) is 14.8. The molecule has 0 radical (unpaired) electrons. The molecule has 27 heavy (non-hydrogen) atoms. The summed E-state index contributed by atoms with van der Waals surface area (Å²) in [6.45, 7) is 0.175. The number of amides is 1. The minimum Gasteiger partial charge on any atom is -0.361 e. The van der Waals surface area contributed by atoms with Crippen molar-refractivity contribution in [1.82, 2.24) is 14.6 Å². The lowest BCUT2D eigenvalue weighted by atomic mass is 10.1. The number of benzene rings is 2. The smallest absolute Gasteiger partial charge is 0.243 e. The molecule has 0 fully saturated rings. The molecule has 3 aromatic rings. The number of aromatic amines is 1. The van der Waals surface area contributed by atoms with Crippen molar-refractivity contribution in [3.05, 3.63) is 65.3 Å². The number of carbonyl (C=O) groups excluding carboxylic acids is 1. The monoisotopic (exact) mass is 405 g/mol. The molecule has 0 saturated carbocycles. The van der Waals surface area contributed by atoms with E-state index in [1.807, 2.05) is 30.5 Å².